The summed E-state index contributed by atoms with van der Waals surface area (Å²) in [7, 11) is 0. The van der Waals surface area contributed by atoms with Gasteiger partial charge in [-0.25, -0.2) is 4.79 Å². The fourth-order valence-corrected chi connectivity index (χ4v) is 8.37. The van der Waals surface area contributed by atoms with Crippen LogP contribution in [0, 0.1) is 29.1 Å². The van der Waals surface area contributed by atoms with Crippen molar-refractivity contribution in [3.63, 3.8) is 0 Å². The van der Waals surface area contributed by atoms with Crippen molar-refractivity contribution in [2.75, 3.05) is 13.2 Å². The molecule has 1 spiro atoms. The molecule has 16 nitrogen and oxygen atoms in total. The molecule has 0 aromatic heterocycles. The first-order valence-electron chi connectivity index (χ1n) is 18.1. The molecule has 2 aliphatic carbocycles. The number of rotatable bonds is 11. The molecular formula is C38H51ClO16. The van der Waals surface area contributed by atoms with Gasteiger partial charge in [-0.3, -0.25) is 28.8 Å². The summed E-state index contributed by atoms with van der Waals surface area (Å²) in [6, 6.07) is 0. The summed E-state index contributed by atoms with van der Waals surface area (Å²) in [5, 5.41) is 11.6. The maximum absolute atomic E-state index is 13.7. The Bertz CT molecular complexity index is 1600. The van der Waals surface area contributed by atoms with Crippen LogP contribution in [0.4, 0.5) is 0 Å². The molecule has 1 N–H and O–H groups in total. The fraction of sp³-hybridized carbons (Fsp3) is 0.711. The maximum Gasteiger partial charge on any atom is 0.344 e. The van der Waals surface area contributed by atoms with Gasteiger partial charge in [-0.2, -0.15) is 0 Å². The van der Waals surface area contributed by atoms with E-state index in [0.29, 0.717) is 0 Å². The number of alkyl halides is 1. The number of halogens is 1. The normalized spacial score (nSPS) is 37.1. The van der Waals surface area contributed by atoms with Gasteiger partial charge in [0.25, 0.3) is 0 Å². The zero-order valence-electron chi connectivity index (χ0n) is 32.5. The number of carbonyl (C=O) groups is 7. The molecule has 0 aromatic carbocycles. The Hall–Kier alpha value is -4.02. The number of ether oxygens (including phenoxy) is 8. The van der Waals surface area contributed by atoms with Crippen molar-refractivity contribution in [3.05, 3.63) is 24.3 Å². The van der Waals surface area contributed by atoms with Crippen LogP contribution in [0.1, 0.15) is 75.2 Å². The minimum absolute atomic E-state index is 0.00542. The molecular weight excluding hydrogens is 748 g/mol. The summed E-state index contributed by atoms with van der Waals surface area (Å²) in [5.41, 5.74) is -6.29. The molecule has 17 heteroatoms. The van der Waals surface area contributed by atoms with Crippen LogP contribution in [-0.2, 0) is 71.5 Å². The van der Waals surface area contributed by atoms with Crippen LogP contribution in [0.2, 0.25) is 0 Å². The number of fused-ring (bicyclic) bond motifs is 3. The first kappa shape index (κ1) is 43.7. The van der Waals surface area contributed by atoms with E-state index in [-0.39, 0.29) is 36.9 Å². The van der Waals surface area contributed by atoms with E-state index < -0.39 is 119 Å². The summed E-state index contributed by atoms with van der Waals surface area (Å²) in [5.74, 6) is -9.50. The zero-order chi connectivity index (χ0) is 41.4. The summed E-state index contributed by atoms with van der Waals surface area (Å²) >= 11 is 6.87. The number of hydrogen-bond donors (Lipinski definition) is 1. The lowest BCUT2D eigenvalue weighted by atomic mass is 9.51. The van der Waals surface area contributed by atoms with Crippen molar-refractivity contribution in [2.24, 2.45) is 29.1 Å². The Kier molecular flexibility index (Phi) is 13.2. The third-order valence-electron chi connectivity index (χ3n) is 10.5. The topological polar surface area (TPSA) is 217 Å². The number of carbonyl (C=O) groups excluding carboxylic acids is 7. The fourth-order valence-electron chi connectivity index (χ4n) is 8.04. The second-order valence-electron chi connectivity index (χ2n) is 15.7. The SMILES string of the molecule is C=C1/C=C\[C@H](OC(=O)COC(=O)CC(C)C)[C@@]2(C)[C@@H](OC(=O)CC(C)C)[C@@H](OC(C)=O)[C@@H](OC(C)=O)[C@]3(CO3)[C@@H]2[C@H](OC(C)=O)[C@]2(O)[C@@H](C)C(=O)O[C@H]2[C@H]1Cl. The van der Waals surface area contributed by atoms with Crippen molar-refractivity contribution < 1.29 is 76.6 Å². The molecule has 2 aliphatic heterocycles. The molecule has 55 heavy (non-hydrogen) atoms. The van der Waals surface area contributed by atoms with Crippen LogP contribution in [0.3, 0.4) is 0 Å². The van der Waals surface area contributed by atoms with E-state index in [9.17, 15) is 38.7 Å². The molecule has 4 rings (SSSR count). The van der Waals surface area contributed by atoms with Crippen LogP contribution >= 0.6 is 11.6 Å². The summed E-state index contributed by atoms with van der Waals surface area (Å²) in [6.07, 6.45) is -7.57. The quantitative estimate of drug-likeness (QED) is 0.138. The van der Waals surface area contributed by atoms with E-state index in [1.807, 2.05) is 0 Å². The number of hydrogen-bond acceptors (Lipinski definition) is 16. The van der Waals surface area contributed by atoms with Gasteiger partial charge in [-0.15, -0.1) is 11.6 Å². The molecule has 0 radical (unpaired) electrons. The van der Waals surface area contributed by atoms with Crippen molar-refractivity contribution in [3.8, 4) is 0 Å². The van der Waals surface area contributed by atoms with Crippen LogP contribution in [0.15, 0.2) is 24.3 Å². The van der Waals surface area contributed by atoms with E-state index in [0.717, 1.165) is 20.8 Å². The Morgan fingerprint density at radius 1 is 0.873 bits per heavy atom. The predicted octanol–water partition coefficient (Wildman–Crippen LogP) is 2.67. The lowest BCUT2D eigenvalue weighted by molar-refractivity contribution is -0.281. The molecule has 0 aromatic rings. The highest BCUT2D eigenvalue weighted by molar-refractivity contribution is 6.23. The third-order valence-corrected chi connectivity index (χ3v) is 11.0. The number of epoxide rings is 1. The van der Waals surface area contributed by atoms with Gasteiger partial charge in [-0.05, 0) is 30.4 Å². The molecule has 306 valence electrons. The van der Waals surface area contributed by atoms with Crippen LogP contribution < -0.4 is 0 Å². The Balaban J connectivity index is 2.10. The second kappa shape index (κ2) is 16.6. The van der Waals surface area contributed by atoms with E-state index in [1.165, 1.54) is 26.0 Å². The van der Waals surface area contributed by atoms with Crippen LogP contribution in [0.5, 0.6) is 0 Å². The third kappa shape index (κ3) is 8.70. The van der Waals surface area contributed by atoms with Gasteiger partial charge in [0.05, 0.1) is 23.3 Å². The van der Waals surface area contributed by atoms with Gasteiger partial charge < -0.3 is 43.0 Å². The lowest BCUT2D eigenvalue weighted by Crippen LogP contribution is -2.76. The van der Waals surface area contributed by atoms with Gasteiger partial charge in [0.1, 0.15) is 17.8 Å². The lowest BCUT2D eigenvalue weighted by Gasteiger charge is -2.59. The van der Waals surface area contributed by atoms with E-state index in [2.05, 4.69) is 6.58 Å². The molecule has 0 bridgehead atoms. The van der Waals surface area contributed by atoms with E-state index in [4.69, 9.17) is 49.5 Å². The average Bonchev–Trinajstić information content (AvgIpc) is 3.81. The standard InChI is InChI=1S/C38H51ClO16/c1-17(2)13-25(43)48-15-27(45)53-24-12-11-19(5)28(39)31-38(47,20(6)35(46)55-31)34(52-23(9)42)30-36(24,10)32(54-26(44)14-18(3)4)29(50-21(7)40)33(51-22(8)41)37(30)16-49-37/h11-12,17-18,20,24,28-34,47H,5,13-16H2,1-4,6-10H3/b12-11-/t20-,24-,28-,29+,30+,31-,32-,33+,34-,36+,37-,38-/m0/s1. The first-order chi connectivity index (χ1) is 25.5. The van der Waals surface area contributed by atoms with Gasteiger partial charge in [-0.1, -0.05) is 47.3 Å². The highest BCUT2D eigenvalue weighted by atomic mass is 35.5. The Morgan fingerprint density at radius 3 is 1.95 bits per heavy atom. The Morgan fingerprint density at radius 2 is 1.42 bits per heavy atom. The molecule has 2 heterocycles. The first-order valence-corrected chi connectivity index (χ1v) is 18.6. The molecule has 3 fully saturated rings. The van der Waals surface area contributed by atoms with Crippen molar-refractivity contribution in [2.45, 2.75) is 128 Å². The van der Waals surface area contributed by atoms with Gasteiger partial charge in [0.15, 0.2) is 36.6 Å². The molecule has 1 saturated carbocycles. The molecule has 0 amide bonds. The van der Waals surface area contributed by atoms with Gasteiger partial charge >= 0.3 is 41.8 Å². The summed E-state index contributed by atoms with van der Waals surface area (Å²) in [6.45, 7) is 15.9. The largest absolute Gasteiger partial charge is 0.459 e. The maximum atomic E-state index is 13.7. The molecule has 12 atom stereocenters. The highest BCUT2D eigenvalue weighted by Crippen LogP contribution is 2.63. The van der Waals surface area contributed by atoms with Gasteiger partial charge in [0.2, 0.25) is 0 Å². The van der Waals surface area contributed by atoms with E-state index in [1.54, 1.807) is 27.7 Å². The molecule has 0 unspecified atom stereocenters. The minimum atomic E-state index is -2.50. The average molecular weight is 799 g/mol. The smallest absolute Gasteiger partial charge is 0.344 e. The Labute approximate surface area is 324 Å². The highest BCUT2D eigenvalue weighted by Gasteiger charge is 2.81. The van der Waals surface area contributed by atoms with Crippen LogP contribution in [-0.4, -0.2) is 113 Å². The number of esters is 7. The molecule has 4 aliphatic rings. The second-order valence-corrected chi connectivity index (χ2v) is 16.2. The monoisotopic (exact) mass is 798 g/mol. The zero-order valence-corrected chi connectivity index (χ0v) is 33.2. The van der Waals surface area contributed by atoms with E-state index >= 15 is 0 Å². The summed E-state index contributed by atoms with van der Waals surface area (Å²) < 4.78 is 46.9. The number of allylic oxidation sites excluding steroid dienone is 1. The van der Waals surface area contributed by atoms with Crippen molar-refractivity contribution in [1.29, 1.82) is 0 Å². The minimum Gasteiger partial charge on any atom is -0.459 e. The predicted molar refractivity (Wildman–Crippen MR) is 188 cm³/mol. The van der Waals surface area contributed by atoms with Crippen molar-refractivity contribution in [1.82, 2.24) is 0 Å². The summed E-state index contributed by atoms with van der Waals surface area (Å²) in [4.78, 5) is 92.0. The number of aliphatic hydroxyl groups is 1. The van der Waals surface area contributed by atoms with Gasteiger partial charge in [0, 0.05) is 39.5 Å². The van der Waals surface area contributed by atoms with Crippen molar-refractivity contribution >= 4 is 53.4 Å². The van der Waals surface area contributed by atoms with Crippen LogP contribution in [0.25, 0.3) is 0 Å². The molecule has 2 saturated heterocycles.